The molecule has 166 valence electrons. The van der Waals surface area contributed by atoms with Gasteiger partial charge < -0.3 is 5.32 Å². The van der Waals surface area contributed by atoms with E-state index in [1.165, 1.54) is 12.8 Å². The first-order valence-electron chi connectivity index (χ1n) is 11.5. The fraction of sp³-hybridized carbons (Fsp3) is 0.520. The Labute approximate surface area is 183 Å². The summed E-state index contributed by atoms with van der Waals surface area (Å²) in [5, 5.41) is 3.27. The van der Waals surface area contributed by atoms with E-state index in [0.29, 0.717) is 31.0 Å². The first-order valence-corrected chi connectivity index (χ1v) is 11.5. The third-order valence-electron chi connectivity index (χ3n) is 6.71. The van der Waals surface area contributed by atoms with Crippen molar-refractivity contribution >= 4 is 5.91 Å². The van der Waals surface area contributed by atoms with Gasteiger partial charge in [0.25, 0.3) is 0 Å². The van der Waals surface area contributed by atoms with Crippen molar-refractivity contribution in [1.82, 2.24) is 15.2 Å². The molecule has 0 spiro atoms. The number of piperidine rings is 1. The van der Waals surface area contributed by atoms with Gasteiger partial charge in [0.15, 0.2) is 11.6 Å². The first kappa shape index (κ1) is 21.9. The van der Waals surface area contributed by atoms with Crippen molar-refractivity contribution in [3.63, 3.8) is 0 Å². The quantitative estimate of drug-likeness (QED) is 0.676. The van der Waals surface area contributed by atoms with Gasteiger partial charge in [-0.15, -0.1) is 0 Å². The van der Waals surface area contributed by atoms with Crippen molar-refractivity contribution in [2.24, 2.45) is 11.8 Å². The fourth-order valence-corrected chi connectivity index (χ4v) is 5.12. The zero-order valence-electron chi connectivity index (χ0n) is 17.9. The lowest BCUT2D eigenvalue weighted by Gasteiger charge is -2.37. The van der Waals surface area contributed by atoms with Crippen molar-refractivity contribution in [2.45, 2.75) is 57.5 Å². The number of benzene rings is 1. The SMILES string of the molecule is O=C(CC1CCCC1)N[C@@H](c1ccccn1)[C@@H]1CCCN(Cc2cccc(F)c2F)C1. The van der Waals surface area contributed by atoms with Gasteiger partial charge in [0.05, 0.1) is 11.7 Å². The molecule has 0 radical (unpaired) electrons. The molecular weight excluding hydrogens is 396 g/mol. The van der Waals surface area contributed by atoms with Gasteiger partial charge in [0.1, 0.15) is 0 Å². The smallest absolute Gasteiger partial charge is 0.220 e. The highest BCUT2D eigenvalue weighted by Crippen LogP contribution is 2.32. The third kappa shape index (κ3) is 5.67. The minimum Gasteiger partial charge on any atom is -0.347 e. The molecule has 1 aliphatic heterocycles. The average molecular weight is 428 g/mol. The van der Waals surface area contributed by atoms with Crippen molar-refractivity contribution < 1.29 is 13.6 Å². The van der Waals surface area contributed by atoms with Crippen molar-refractivity contribution in [3.8, 4) is 0 Å². The molecule has 2 aliphatic rings. The molecule has 2 fully saturated rings. The number of aromatic nitrogens is 1. The second-order valence-corrected chi connectivity index (χ2v) is 9.00. The van der Waals surface area contributed by atoms with Crippen molar-refractivity contribution in [3.05, 3.63) is 65.5 Å². The van der Waals surface area contributed by atoms with Gasteiger partial charge >= 0.3 is 0 Å². The lowest BCUT2D eigenvalue weighted by atomic mass is 9.87. The molecular formula is C25H31F2N3O. The number of nitrogens with zero attached hydrogens (tertiary/aromatic N) is 2. The highest BCUT2D eigenvalue weighted by molar-refractivity contribution is 5.76. The van der Waals surface area contributed by atoms with Crippen molar-refractivity contribution in [1.29, 1.82) is 0 Å². The number of carbonyl (C=O) groups excluding carboxylic acids is 1. The number of hydrogen-bond acceptors (Lipinski definition) is 3. The largest absolute Gasteiger partial charge is 0.347 e. The Kier molecular flexibility index (Phi) is 7.28. The molecule has 1 aromatic carbocycles. The van der Waals surface area contributed by atoms with E-state index in [1.807, 2.05) is 18.2 Å². The van der Waals surface area contributed by atoms with Crippen molar-refractivity contribution in [2.75, 3.05) is 13.1 Å². The maximum atomic E-state index is 14.2. The van der Waals surface area contributed by atoms with Gasteiger partial charge in [-0.25, -0.2) is 8.78 Å². The summed E-state index contributed by atoms with van der Waals surface area (Å²) in [7, 11) is 0. The number of pyridine rings is 1. The molecule has 6 heteroatoms. The standard InChI is InChI=1S/C25H31F2N3O/c26-21-11-5-9-19(24(21)27)16-30-14-6-10-20(17-30)25(22-12-3-4-13-28-22)29-23(31)15-18-7-1-2-8-18/h3-5,9,11-13,18,20,25H,1-2,6-8,10,14-17H2,(H,29,31)/t20-,25-/m1/s1. The summed E-state index contributed by atoms with van der Waals surface area (Å²) < 4.78 is 27.8. The van der Waals surface area contributed by atoms with Crippen LogP contribution in [0.4, 0.5) is 8.78 Å². The summed E-state index contributed by atoms with van der Waals surface area (Å²) in [6.45, 7) is 1.91. The Bertz CT molecular complexity index is 870. The van der Waals surface area contributed by atoms with Crippen LogP contribution >= 0.6 is 0 Å². The summed E-state index contributed by atoms with van der Waals surface area (Å²) in [6, 6.07) is 9.95. The molecule has 1 saturated carbocycles. The topological polar surface area (TPSA) is 45.2 Å². The summed E-state index contributed by atoms with van der Waals surface area (Å²) in [5.41, 5.74) is 1.24. The molecule has 1 aromatic heterocycles. The van der Waals surface area contributed by atoms with Crippen LogP contribution in [0.2, 0.25) is 0 Å². The number of hydrogen-bond donors (Lipinski definition) is 1. The molecule has 4 nitrogen and oxygen atoms in total. The van der Waals surface area contributed by atoms with E-state index in [4.69, 9.17) is 0 Å². The van der Waals surface area contributed by atoms with E-state index in [-0.39, 0.29) is 17.9 Å². The van der Waals surface area contributed by atoms with Gasteiger partial charge in [0, 0.05) is 31.3 Å². The maximum absolute atomic E-state index is 14.2. The third-order valence-corrected chi connectivity index (χ3v) is 6.71. The van der Waals surface area contributed by atoms with Crippen LogP contribution in [0.15, 0.2) is 42.6 Å². The molecule has 0 unspecified atom stereocenters. The Morgan fingerprint density at radius 3 is 2.71 bits per heavy atom. The molecule has 1 aliphatic carbocycles. The molecule has 1 amide bonds. The lowest BCUT2D eigenvalue weighted by Crippen LogP contribution is -2.43. The number of carbonyl (C=O) groups is 1. The van der Waals surface area contributed by atoms with Crippen LogP contribution in [0.3, 0.4) is 0 Å². The highest BCUT2D eigenvalue weighted by Gasteiger charge is 2.31. The van der Waals surface area contributed by atoms with E-state index >= 15 is 0 Å². The molecule has 2 heterocycles. The number of likely N-dealkylation sites (tertiary alicyclic amines) is 1. The lowest BCUT2D eigenvalue weighted by molar-refractivity contribution is -0.123. The minimum absolute atomic E-state index is 0.0934. The Hall–Kier alpha value is -2.34. The van der Waals surface area contributed by atoms with Crippen LogP contribution < -0.4 is 5.32 Å². The second kappa shape index (κ2) is 10.3. The first-order chi connectivity index (χ1) is 15.1. The van der Waals surface area contributed by atoms with Gasteiger partial charge in [0.2, 0.25) is 5.91 Å². The number of rotatable bonds is 7. The van der Waals surface area contributed by atoms with Crippen LogP contribution in [0.25, 0.3) is 0 Å². The average Bonchev–Trinajstić information content (AvgIpc) is 3.29. The second-order valence-electron chi connectivity index (χ2n) is 9.00. The van der Waals surface area contributed by atoms with Crippen LogP contribution in [0.1, 0.15) is 62.2 Å². The Morgan fingerprint density at radius 1 is 1.10 bits per heavy atom. The molecule has 4 rings (SSSR count). The van der Waals surface area contributed by atoms with Crippen LogP contribution in [-0.2, 0) is 11.3 Å². The van der Waals surface area contributed by atoms with Crippen LogP contribution in [0.5, 0.6) is 0 Å². The van der Waals surface area contributed by atoms with Crippen LogP contribution in [0, 0.1) is 23.5 Å². The summed E-state index contributed by atoms with van der Waals surface area (Å²) in [5.74, 6) is -0.820. The molecule has 2 atom stereocenters. The van der Waals surface area contributed by atoms with Gasteiger partial charge in [-0.05, 0) is 62.3 Å². The van der Waals surface area contributed by atoms with Gasteiger partial charge in [-0.2, -0.15) is 0 Å². The molecule has 1 saturated heterocycles. The number of nitrogens with one attached hydrogen (secondary N) is 1. The maximum Gasteiger partial charge on any atom is 0.220 e. The highest BCUT2D eigenvalue weighted by atomic mass is 19.2. The zero-order valence-corrected chi connectivity index (χ0v) is 17.9. The van der Waals surface area contributed by atoms with Gasteiger partial charge in [-0.3, -0.25) is 14.7 Å². The van der Waals surface area contributed by atoms with E-state index in [9.17, 15) is 13.6 Å². The molecule has 1 N–H and O–H groups in total. The summed E-state index contributed by atoms with van der Waals surface area (Å²) in [4.78, 5) is 19.5. The van der Waals surface area contributed by atoms with E-state index in [2.05, 4.69) is 15.2 Å². The van der Waals surface area contributed by atoms with Crippen LogP contribution in [-0.4, -0.2) is 28.9 Å². The van der Waals surface area contributed by atoms with E-state index in [1.54, 1.807) is 18.3 Å². The fourth-order valence-electron chi connectivity index (χ4n) is 5.12. The summed E-state index contributed by atoms with van der Waals surface area (Å²) >= 11 is 0. The Balaban J connectivity index is 1.46. The molecule has 0 bridgehead atoms. The number of halogens is 2. The molecule has 2 aromatic rings. The predicted octanol–water partition coefficient (Wildman–Crippen LogP) is 5.01. The predicted molar refractivity (Wildman–Crippen MR) is 116 cm³/mol. The summed E-state index contributed by atoms with van der Waals surface area (Å²) in [6.07, 6.45) is 8.96. The zero-order chi connectivity index (χ0) is 21.6. The monoisotopic (exact) mass is 427 g/mol. The minimum atomic E-state index is -0.809. The molecule has 31 heavy (non-hydrogen) atoms. The number of amides is 1. The normalized spacial score (nSPS) is 21.2. The van der Waals surface area contributed by atoms with Gasteiger partial charge in [-0.1, -0.05) is 31.0 Å². The Morgan fingerprint density at radius 2 is 1.94 bits per heavy atom. The van der Waals surface area contributed by atoms with E-state index in [0.717, 1.165) is 44.0 Å². The van der Waals surface area contributed by atoms with E-state index < -0.39 is 11.6 Å².